The summed E-state index contributed by atoms with van der Waals surface area (Å²) in [5.41, 5.74) is 4.17. The number of nitrogens with one attached hydrogen (secondary N) is 1. The van der Waals surface area contributed by atoms with Crippen LogP contribution in [0.3, 0.4) is 0 Å². The van der Waals surface area contributed by atoms with Crippen molar-refractivity contribution >= 4 is 5.91 Å². The average molecular weight is 420 g/mol. The van der Waals surface area contributed by atoms with E-state index in [1.165, 1.54) is 5.56 Å². The van der Waals surface area contributed by atoms with E-state index < -0.39 is 0 Å². The fourth-order valence-corrected chi connectivity index (χ4v) is 3.98. The van der Waals surface area contributed by atoms with Crippen molar-refractivity contribution in [2.75, 3.05) is 19.7 Å². The number of aryl methyl sites for hydroxylation is 2. The summed E-state index contributed by atoms with van der Waals surface area (Å²) < 4.78 is 5.87. The lowest BCUT2D eigenvalue weighted by Crippen LogP contribution is -2.44. The minimum Gasteiger partial charge on any atom is -0.493 e. The van der Waals surface area contributed by atoms with Crippen molar-refractivity contribution in [1.82, 2.24) is 10.2 Å². The number of carbonyl (C=O) groups is 1. The predicted molar refractivity (Wildman–Crippen MR) is 123 cm³/mol. The second kappa shape index (κ2) is 11.5. The van der Waals surface area contributed by atoms with Gasteiger partial charge in [0.25, 0.3) is 0 Å². The van der Waals surface area contributed by atoms with Crippen LogP contribution in [-0.4, -0.2) is 36.5 Å². The maximum atomic E-state index is 12.3. The lowest BCUT2D eigenvalue weighted by Gasteiger charge is -2.32. The molecule has 2 aromatic rings. The van der Waals surface area contributed by atoms with Gasteiger partial charge in [0.05, 0.1) is 18.2 Å². The molecule has 5 heteroatoms. The van der Waals surface area contributed by atoms with Crippen LogP contribution in [0.15, 0.2) is 42.5 Å². The number of nitriles is 1. The second-order valence-corrected chi connectivity index (χ2v) is 8.46. The third-order valence-electron chi connectivity index (χ3n) is 5.88. The molecule has 1 aliphatic heterocycles. The molecule has 1 saturated heterocycles. The molecule has 0 saturated carbocycles. The van der Waals surface area contributed by atoms with E-state index in [-0.39, 0.29) is 11.9 Å². The molecule has 0 radical (unpaired) electrons. The maximum Gasteiger partial charge on any atom is 0.220 e. The number of likely N-dealkylation sites (tertiary alicyclic amines) is 1. The maximum absolute atomic E-state index is 12.3. The summed E-state index contributed by atoms with van der Waals surface area (Å²) in [4.78, 5) is 14.7. The zero-order chi connectivity index (χ0) is 22.1. The summed E-state index contributed by atoms with van der Waals surface area (Å²) in [6, 6.07) is 16.5. The van der Waals surface area contributed by atoms with Crippen molar-refractivity contribution in [3.05, 3.63) is 64.7 Å². The van der Waals surface area contributed by atoms with Gasteiger partial charge in [-0.15, -0.1) is 0 Å². The topological polar surface area (TPSA) is 65.4 Å². The van der Waals surface area contributed by atoms with Crippen molar-refractivity contribution in [3.8, 4) is 11.8 Å². The van der Waals surface area contributed by atoms with E-state index in [4.69, 9.17) is 4.74 Å². The van der Waals surface area contributed by atoms with Gasteiger partial charge in [0, 0.05) is 32.1 Å². The van der Waals surface area contributed by atoms with Crippen LogP contribution in [0.4, 0.5) is 0 Å². The summed E-state index contributed by atoms with van der Waals surface area (Å²) in [7, 11) is 0. The van der Waals surface area contributed by atoms with Crippen LogP contribution in [0.1, 0.15) is 54.4 Å². The number of nitrogens with zero attached hydrogens (tertiary/aromatic N) is 2. The largest absolute Gasteiger partial charge is 0.493 e. The smallest absolute Gasteiger partial charge is 0.220 e. The van der Waals surface area contributed by atoms with Gasteiger partial charge in [0.1, 0.15) is 5.75 Å². The third-order valence-corrected chi connectivity index (χ3v) is 5.88. The molecule has 1 aliphatic rings. The van der Waals surface area contributed by atoms with E-state index >= 15 is 0 Å². The first-order valence-electron chi connectivity index (χ1n) is 11.2. The highest BCUT2D eigenvalue weighted by Gasteiger charge is 2.21. The highest BCUT2D eigenvalue weighted by molar-refractivity contribution is 5.76. The second-order valence-electron chi connectivity index (χ2n) is 8.46. The predicted octanol–water partition coefficient (Wildman–Crippen LogP) is 4.51. The first kappa shape index (κ1) is 22.8. The molecule has 5 nitrogen and oxygen atoms in total. The normalized spacial score (nSPS) is 14.7. The highest BCUT2D eigenvalue weighted by atomic mass is 16.5. The van der Waals surface area contributed by atoms with Crippen molar-refractivity contribution in [2.45, 2.75) is 58.5 Å². The SMILES string of the molecule is Cc1ccc(C)c(OCCCCC(=O)NC2CCN(Cc3ccccc3C#N)CC2)c1. The molecule has 1 heterocycles. The monoisotopic (exact) mass is 419 g/mol. The molecule has 1 amide bonds. The van der Waals surface area contributed by atoms with Gasteiger partial charge in [-0.2, -0.15) is 5.26 Å². The first-order chi connectivity index (χ1) is 15.0. The van der Waals surface area contributed by atoms with Crippen molar-refractivity contribution in [2.24, 2.45) is 0 Å². The Morgan fingerprint density at radius 1 is 1.16 bits per heavy atom. The van der Waals surface area contributed by atoms with Gasteiger partial charge in [-0.25, -0.2) is 0 Å². The average Bonchev–Trinajstić information content (AvgIpc) is 2.77. The number of hydrogen-bond acceptors (Lipinski definition) is 4. The molecular formula is C26H33N3O2. The summed E-state index contributed by atoms with van der Waals surface area (Å²) in [6.07, 6.45) is 4.16. The lowest BCUT2D eigenvalue weighted by atomic mass is 10.0. The lowest BCUT2D eigenvalue weighted by molar-refractivity contribution is -0.122. The summed E-state index contributed by atoms with van der Waals surface area (Å²) in [5.74, 6) is 1.08. The Labute approximate surface area is 186 Å². The number of unbranched alkanes of at least 4 members (excludes halogenated alkanes) is 1. The molecule has 1 N–H and O–H groups in total. The Kier molecular flexibility index (Phi) is 8.49. The molecule has 3 rings (SSSR count). The number of carbonyl (C=O) groups excluding carboxylic acids is 1. The van der Waals surface area contributed by atoms with Gasteiger partial charge in [-0.3, -0.25) is 9.69 Å². The van der Waals surface area contributed by atoms with Gasteiger partial charge in [-0.05, 0) is 68.4 Å². The summed E-state index contributed by atoms with van der Waals surface area (Å²) in [5, 5.41) is 12.4. The van der Waals surface area contributed by atoms with E-state index in [1.807, 2.05) is 24.3 Å². The number of ether oxygens (including phenoxy) is 1. The van der Waals surface area contributed by atoms with Crippen LogP contribution in [0, 0.1) is 25.2 Å². The molecule has 164 valence electrons. The minimum absolute atomic E-state index is 0.139. The van der Waals surface area contributed by atoms with E-state index in [1.54, 1.807) is 0 Å². The number of piperidine rings is 1. The molecule has 31 heavy (non-hydrogen) atoms. The first-order valence-corrected chi connectivity index (χ1v) is 11.2. The van der Waals surface area contributed by atoms with Gasteiger partial charge in [0.15, 0.2) is 0 Å². The van der Waals surface area contributed by atoms with Crippen molar-refractivity contribution in [3.63, 3.8) is 0 Å². The number of benzene rings is 2. The molecule has 0 bridgehead atoms. The Bertz CT molecular complexity index is 911. The van der Waals surface area contributed by atoms with E-state index in [0.29, 0.717) is 13.0 Å². The molecule has 1 fully saturated rings. The van der Waals surface area contributed by atoms with E-state index in [0.717, 1.165) is 67.8 Å². The summed E-state index contributed by atoms with van der Waals surface area (Å²) >= 11 is 0. The van der Waals surface area contributed by atoms with Gasteiger partial charge in [0.2, 0.25) is 5.91 Å². The van der Waals surface area contributed by atoms with E-state index in [9.17, 15) is 10.1 Å². The molecule has 0 atom stereocenters. The molecule has 0 aliphatic carbocycles. The van der Waals surface area contributed by atoms with Crippen LogP contribution in [0.25, 0.3) is 0 Å². The Balaban J connectivity index is 1.30. The standard InChI is InChI=1S/C26H33N3O2/c1-20-10-11-21(2)25(17-20)31-16-6-5-9-26(30)28-24-12-14-29(15-13-24)19-23-8-4-3-7-22(23)18-27/h3-4,7-8,10-11,17,24H,5-6,9,12-16,19H2,1-2H3,(H,28,30). The van der Waals surface area contributed by atoms with Gasteiger partial charge < -0.3 is 10.1 Å². The third kappa shape index (κ3) is 7.11. The number of amides is 1. The summed E-state index contributed by atoms with van der Waals surface area (Å²) in [6.45, 7) is 7.43. The molecule has 0 unspecified atom stereocenters. The molecular weight excluding hydrogens is 386 g/mol. The van der Waals surface area contributed by atoms with E-state index in [2.05, 4.69) is 48.3 Å². The quantitative estimate of drug-likeness (QED) is 0.608. The van der Waals surface area contributed by atoms with Gasteiger partial charge >= 0.3 is 0 Å². The fourth-order valence-electron chi connectivity index (χ4n) is 3.98. The molecule has 0 spiro atoms. The number of rotatable bonds is 9. The Hall–Kier alpha value is -2.84. The van der Waals surface area contributed by atoms with Crippen LogP contribution >= 0.6 is 0 Å². The van der Waals surface area contributed by atoms with Crippen LogP contribution < -0.4 is 10.1 Å². The molecule has 0 aromatic heterocycles. The van der Waals surface area contributed by atoms with Crippen LogP contribution in [0.2, 0.25) is 0 Å². The van der Waals surface area contributed by atoms with Gasteiger partial charge in [-0.1, -0.05) is 30.3 Å². The minimum atomic E-state index is 0.139. The highest BCUT2D eigenvalue weighted by Crippen LogP contribution is 2.20. The Morgan fingerprint density at radius 2 is 1.94 bits per heavy atom. The van der Waals surface area contributed by atoms with Crippen LogP contribution in [-0.2, 0) is 11.3 Å². The van der Waals surface area contributed by atoms with Crippen molar-refractivity contribution < 1.29 is 9.53 Å². The zero-order valence-corrected chi connectivity index (χ0v) is 18.7. The Morgan fingerprint density at radius 3 is 2.71 bits per heavy atom. The number of hydrogen-bond donors (Lipinski definition) is 1. The molecule has 2 aromatic carbocycles. The zero-order valence-electron chi connectivity index (χ0n) is 18.7. The van der Waals surface area contributed by atoms with Crippen molar-refractivity contribution in [1.29, 1.82) is 5.26 Å². The van der Waals surface area contributed by atoms with Crippen LogP contribution in [0.5, 0.6) is 5.75 Å². The fraction of sp³-hybridized carbons (Fsp3) is 0.462.